The van der Waals surface area contributed by atoms with Crippen LogP contribution in [0.3, 0.4) is 0 Å². The van der Waals surface area contributed by atoms with Gasteiger partial charge < -0.3 is 19.5 Å². The van der Waals surface area contributed by atoms with Crippen molar-refractivity contribution in [2.45, 2.75) is 12.5 Å². The van der Waals surface area contributed by atoms with Crippen LogP contribution in [0.25, 0.3) is 11.0 Å². The maximum Gasteiger partial charge on any atom is 0.211 e. The van der Waals surface area contributed by atoms with Crippen LogP contribution in [-0.2, 0) is 7.05 Å². The summed E-state index contributed by atoms with van der Waals surface area (Å²) in [6.45, 7) is 1.96. The van der Waals surface area contributed by atoms with Crippen LogP contribution in [0, 0.1) is 0 Å². The molecule has 6 nitrogen and oxygen atoms in total. The van der Waals surface area contributed by atoms with Gasteiger partial charge in [0.2, 0.25) is 5.95 Å². The van der Waals surface area contributed by atoms with Crippen molar-refractivity contribution in [2.75, 3.05) is 18.0 Å². The minimum absolute atomic E-state index is 0.356. The number of nitrogens with zero attached hydrogens (tertiary/aromatic N) is 4. The zero-order valence-electron chi connectivity index (χ0n) is 16.6. The number of aryl methyl sites for hydroxylation is 1. The second-order valence-corrected chi connectivity index (χ2v) is 8.32. The van der Waals surface area contributed by atoms with Crippen LogP contribution in [0.1, 0.15) is 6.42 Å². The Morgan fingerprint density at radius 3 is 2.60 bits per heavy atom. The predicted molar refractivity (Wildman–Crippen MR) is 123 cm³/mol. The SMILES string of the molecule is Cn1c(N(c2ccc(Br)cc2)[C@H]2CCNC2)nc2cc(Oc3ccncc3)ccc21. The summed E-state index contributed by atoms with van der Waals surface area (Å²) in [5.41, 5.74) is 3.12. The van der Waals surface area contributed by atoms with Crippen LogP contribution in [0.5, 0.6) is 11.5 Å². The van der Waals surface area contributed by atoms with Gasteiger partial charge in [-0.25, -0.2) is 4.98 Å². The van der Waals surface area contributed by atoms with Gasteiger partial charge in [0.15, 0.2) is 0 Å². The first-order chi connectivity index (χ1) is 14.7. The van der Waals surface area contributed by atoms with E-state index in [1.807, 2.05) is 24.3 Å². The molecule has 1 aliphatic rings. The van der Waals surface area contributed by atoms with Crippen molar-refractivity contribution < 1.29 is 4.74 Å². The highest BCUT2D eigenvalue weighted by Crippen LogP contribution is 2.34. The highest BCUT2D eigenvalue weighted by Gasteiger charge is 2.27. The third-order valence-corrected chi connectivity index (χ3v) is 5.96. The van der Waals surface area contributed by atoms with Gasteiger partial charge in [-0.15, -0.1) is 0 Å². The Bertz CT molecular complexity index is 1150. The van der Waals surface area contributed by atoms with Gasteiger partial charge in [-0.2, -0.15) is 0 Å². The summed E-state index contributed by atoms with van der Waals surface area (Å²) < 4.78 is 9.20. The van der Waals surface area contributed by atoms with Gasteiger partial charge >= 0.3 is 0 Å². The number of aromatic nitrogens is 3. The minimum atomic E-state index is 0.356. The van der Waals surface area contributed by atoms with Gasteiger partial charge in [-0.3, -0.25) is 4.98 Å². The number of hydrogen-bond acceptors (Lipinski definition) is 5. The van der Waals surface area contributed by atoms with Crippen molar-refractivity contribution >= 4 is 38.6 Å². The van der Waals surface area contributed by atoms with Crippen molar-refractivity contribution in [1.29, 1.82) is 0 Å². The van der Waals surface area contributed by atoms with E-state index in [4.69, 9.17) is 9.72 Å². The normalized spacial score (nSPS) is 16.1. The van der Waals surface area contributed by atoms with Crippen molar-refractivity contribution in [2.24, 2.45) is 7.05 Å². The van der Waals surface area contributed by atoms with E-state index >= 15 is 0 Å². The van der Waals surface area contributed by atoms with Gasteiger partial charge in [0, 0.05) is 42.2 Å². The molecule has 2 aromatic heterocycles. The summed E-state index contributed by atoms with van der Waals surface area (Å²) in [6, 6.07) is 18.5. The average molecular weight is 464 g/mol. The van der Waals surface area contributed by atoms with Gasteiger partial charge in [0.25, 0.3) is 0 Å². The second-order valence-electron chi connectivity index (χ2n) is 7.40. The van der Waals surface area contributed by atoms with Crippen LogP contribution < -0.4 is 15.0 Å². The molecule has 3 heterocycles. The number of ether oxygens (including phenoxy) is 1. The summed E-state index contributed by atoms with van der Waals surface area (Å²) in [4.78, 5) is 11.4. The molecule has 1 aliphatic heterocycles. The molecule has 0 radical (unpaired) electrons. The van der Waals surface area contributed by atoms with Gasteiger partial charge in [0.05, 0.1) is 17.1 Å². The lowest BCUT2D eigenvalue weighted by atomic mass is 10.2. The number of rotatable bonds is 5. The zero-order valence-corrected chi connectivity index (χ0v) is 18.2. The number of benzene rings is 2. The first kappa shape index (κ1) is 19.1. The highest BCUT2D eigenvalue weighted by atomic mass is 79.9. The standard InChI is InChI=1S/C23H22BrN5O/c1-28-22-7-6-20(30-19-9-12-25-13-10-19)14-21(22)27-23(28)29(18-8-11-26-15-18)17-4-2-16(24)3-5-17/h2-7,9-10,12-14,18,26H,8,11,15H2,1H3/t18-/m0/s1. The molecule has 1 atom stereocenters. The Kier molecular flexibility index (Phi) is 5.14. The molecule has 0 unspecified atom stereocenters. The van der Waals surface area contributed by atoms with Crippen molar-refractivity contribution in [1.82, 2.24) is 19.9 Å². The Labute approximate surface area is 183 Å². The molecule has 30 heavy (non-hydrogen) atoms. The van der Waals surface area contributed by atoms with Crippen molar-refractivity contribution in [3.63, 3.8) is 0 Å². The fraction of sp³-hybridized carbons (Fsp3) is 0.217. The molecule has 0 bridgehead atoms. The van der Waals surface area contributed by atoms with E-state index in [-0.39, 0.29) is 0 Å². The Hall–Kier alpha value is -2.90. The molecular formula is C23H22BrN5O. The summed E-state index contributed by atoms with van der Waals surface area (Å²) >= 11 is 3.54. The van der Waals surface area contributed by atoms with Gasteiger partial charge in [-0.1, -0.05) is 15.9 Å². The molecule has 1 saturated heterocycles. The molecule has 0 aliphatic carbocycles. The smallest absolute Gasteiger partial charge is 0.211 e. The van der Waals surface area contributed by atoms with Gasteiger partial charge in [-0.05, 0) is 61.5 Å². The third kappa shape index (κ3) is 3.66. The third-order valence-electron chi connectivity index (χ3n) is 5.43. The summed E-state index contributed by atoms with van der Waals surface area (Å²) in [5, 5.41) is 3.48. The first-order valence-electron chi connectivity index (χ1n) is 9.99. The molecule has 152 valence electrons. The molecule has 5 rings (SSSR count). The van der Waals surface area contributed by atoms with Crippen molar-refractivity contribution in [3.05, 3.63) is 71.5 Å². The number of imidazole rings is 1. The van der Waals surface area contributed by atoms with E-state index in [0.29, 0.717) is 6.04 Å². The lowest BCUT2D eigenvalue weighted by Gasteiger charge is -2.29. The summed E-state index contributed by atoms with van der Waals surface area (Å²) in [5.74, 6) is 2.45. The Balaban J connectivity index is 1.55. The maximum atomic E-state index is 5.98. The number of nitrogens with one attached hydrogen (secondary N) is 1. The molecule has 7 heteroatoms. The molecule has 1 N–H and O–H groups in total. The molecule has 4 aromatic rings. The predicted octanol–water partition coefficient (Wildman–Crippen LogP) is 5.02. The first-order valence-corrected chi connectivity index (χ1v) is 10.8. The molecule has 0 saturated carbocycles. The lowest BCUT2D eigenvalue weighted by molar-refractivity contribution is 0.482. The van der Waals surface area contributed by atoms with Gasteiger partial charge in [0.1, 0.15) is 11.5 Å². The second kappa shape index (κ2) is 8.08. The Morgan fingerprint density at radius 2 is 1.87 bits per heavy atom. The van der Waals surface area contributed by atoms with E-state index in [1.165, 1.54) is 0 Å². The van der Waals surface area contributed by atoms with E-state index in [9.17, 15) is 0 Å². The highest BCUT2D eigenvalue weighted by molar-refractivity contribution is 9.10. The average Bonchev–Trinajstić information content (AvgIpc) is 3.40. The van der Waals surface area contributed by atoms with E-state index < -0.39 is 0 Å². The molecule has 0 spiro atoms. The number of anilines is 2. The summed E-state index contributed by atoms with van der Waals surface area (Å²) in [6.07, 6.45) is 4.52. The number of halogens is 1. The van der Waals surface area contributed by atoms with Crippen LogP contribution in [-0.4, -0.2) is 33.7 Å². The number of fused-ring (bicyclic) bond motifs is 1. The maximum absolute atomic E-state index is 5.98. The van der Waals surface area contributed by atoms with E-state index in [2.05, 4.69) is 73.1 Å². The monoisotopic (exact) mass is 463 g/mol. The van der Waals surface area contributed by atoms with Crippen molar-refractivity contribution in [3.8, 4) is 11.5 Å². The van der Waals surface area contributed by atoms with E-state index in [1.54, 1.807) is 12.4 Å². The fourth-order valence-electron chi connectivity index (χ4n) is 3.94. The minimum Gasteiger partial charge on any atom is -0.457 e. The molecule has 1 fully saturated rings. The quantitative estimate of drug-likeness (QED) is 0.450. The molecule has 2 aromatic carbocycles. The van der Waals surface area contributed by atoms with Crippen LogP contribution in [0.4, 0.5) is 11.6 Å². The fourth-order valence-corrected chi connectivity index (χ4v) is 4.20. The lowest BCUT2D eigenvalue weighted by Crippen LogP contribution is -2.34. The van der Waals surface area contributed by atoms with Crippen LogP contribution in [0.2, 0.25) is 0 Å². The number of pyridine rings is 1. The van der Waals surface area contributed by atoms with Crippen LogP contribution in [0.15, 0.2) is 71.5 Å². The topological polar surface area (TPSA) is 55.2 Å². The van der Waals surface area contributed by atoms with E-state index in [0.717, 1.165) is 58.2 Å². The zero-order chi connectivity index (χ0) is 20.5. The Morgan fingerprint density at radius 1 is 1.07 bits per heavy atom. The largest absolute Gasteiger partial charge is 0.457 e. The summed E-state index contributed by atoms with van der Waals surface area (Å²) in [7, 11) is 2.07. The molecular weight excluding hydrogens is 442 g/mol. The number of hydrogen-bond donors (Lipinski definition) is 1. The molecule has 0 amide bonds. The van der Waals surface area contributed by atoms with Crippen LogP contribution >= 0.6 is 15.9 Å².